The van der Waals surface area contributed by atoms with Gasteiger partial charge in [0.15, 0.2) is 11.6 Å². The van der Waals surface area contributed by atoms with E-state index in [1.165, 1.54) is 9.47 Å². The molecule has 1 aliphatic heterocycles. The molecular weight excluding hydrogens is 418 g/mol. The number of carboxylic acid groups (broad SMARTS) is 1. The maximum Gasteiger partial charge on any atom is 0.341 e. The van der Waals surface area contributed by atoms with Crippen LogP contribution in [-0.4, -0.2) is 34.8 Å². The minimum absolute atomic E-state index is 0.132. The summed E-state index contributed by atoms with van der Waals surface area (Å²) < 4.78 is 32.7. The first kappa shape index (κ1) is 20.4. The van der Waals surface area contributed by atoms with Crippen molar-refractivity contribution in [2.75, 3.05) is 23.7 Å². The molecule has 2 aliphatic rings. The van der Waals surface area contributed by atoms with Crippen LogP contribution in [0.5, 0.6) is 0 Å². The summed E-state index contributed by atoms with van der Waals surface area (Å²) in [5, 5.41) is 8.98. The summed E-state index contributed by atoms with van der Waals surface area (Å²) in [4.78, 5) is 25.9. The average Bonchev–Trinajstić information content (AvgIpc) is 3.54. The Labute approximate surface area is 181 Å². The Hall–Kier alpha value is -3.46. The Morgan fingerprint density at radius 2 is 1.78 bits per heavy atom. The third kappa shape index (κ3) is 3.03. The number of carbonyl (C=O) groups is 1. The number of carboxylic acids is 1. The van der Waals surface area contributed by atoms with E-state index in [4.69, 9.17) is 11.5 Å². The van der Waals surface area contributed by atoms with E-state index >= 15 is 8.78 Å². The largest absolute Gasteiger partial charge is 0.477 e. The predicted octanol–water partition coefficient (Wildman–Crippen LogP) is 2.83. The van der Waals surface area contributed by atoms with Crippen molar-refractivity contribution in [1.29, 1.82) is 0 Å². The van der Waals surface area contributed by atoms with Gasteiger partial charge in [-0.05, 0) is 18.4 Å². The summed E-state index contributed by atoms with van der Waals surface area (Å²) in [6.07, 6.45) is 2.54. The van der Waals surface area contributed by atoms with Crippen molar-refractivity contribution >= 4 is 28.2 Å². The monoisotopic (exact) mass is 440 g/mol. The van der Waals surface area contributed by atoms with Gasteiger partial charge in [0, 0.05) is 37.3 Å². The lowest BCUT2D eigenvalue weighted by atomic mass is 9.95. The molecule has 2 atom stereocenters. The molecule has 32 heavy (non-hydrogen) atoms. The van der Waals surface area contributed by atoms with Crippen LogP contribution in [0.15, 0.2) is 41.3 Å². The first-order valence-corrected chi connectivity index (χ1v) is 10.4. The summed E-state index contributed by atoms with van der Waals surface area (Å²) in [6, 6.07) is 8.98. The van der Waals surface area contributed by atoms with Gasteiger partial charge in [0.25, 0.3) is 0 Å². The van der Waals surface area contributed by atoms with Crippen molar-refractivity contribution in [3.63, 3.8) is 0 Å². The lowest BCUT2D eigenvalue weighted by molar-refractivity contribution is 0.0695. The van der Waals surface area contributed by atoms with Gasteiger partial charge in [0.1, 0.15) is 11.3 Å². The van der Waals surface area contributed by atoms with Crippen LogP contribution >= 0.6 is 0 Å². The highest BCUT2D eigenvalue weighted by molar-refractivity contribution is 5.99. The lowest BCUT2D eigenvalue weighted by Crippen LogP contribution is -2.30. The number of pyridine rings is 1. The normalized spacial score (nSPS) is 20.8. The molecule has 2 heterocycles. The average molecular weight is 440 g/mol. The fourth-order valence-electron chi connectivity index (χ4n) is 4.69. The van der Waals surface area contributed by atoms with E-state index < -0.39 is 39.7 Å². The SMILES string of the molecule is Nc1c(F)c(N2C[C@H](c3ccccc3)[C@@H](N)C2)c(F)c2c1c(=O)c(C(=O)O)cn2C1CC1. The van der Waals surface area contributed by atoms with Crippen LogP contribution in [0.4, 0.5) is 20.2 Å². The molecule has 1 aromatic heterocycles. The van der Waals surface area contributed by atoms with Gasteiger partial charge in [-0.25, -0.2) is 13.6 Å². The minimum atomic E-state index is -1.47. The molecule has 166 valence electrons. The van der Waals surface area contributed by atoms with E-state index in [1.807, 2.05) is 30.3 Å². The molecule has 5 rings (SSSR count). The Morgan fingerprint density at radius 3 is 2.41 bits per heavy atom. The van der Waals surface area contributed by atoms with Gasteiger partial charge < -0.3 is 26.0 Å². The first-order valence-electron chi connectivity index (χ1n) is 10.4. The number of benzene rings is 2. The summed E-state index contributed by atoms with van der Waals surface area (Å²) in [5.74, 6) is -3.59. The fraction of sp³-hybridized carbons (Fsp3) is 0.304. The van der Waals surface area contributed by atoms with Crippen molar-refractivity contribution in [1.82, 2.24) is 4.57 Å². The highest BCUT2D eigenvalue weighted by Crippen LogP contribution is 2.43. The van der Waals surface area contributed by atoms with Gasteiger partial charge >= 0.3 is 5.97 Å². The number of hydrogen-bond acceptors (Lipinski definition) is 5. The van der Waals surface area contributed by atoms with Crippen LogP contribution in [0, 0.1) is 11.6 Å². The van der Waals surface area contributed by atoms with Gasteiger partial charge in [-0.1, -0.05) is 30.3 Å². The molecule has 1 saturated carbocycles. The molecule has 5 N–H and O–H groups in total. The number of fused-ring (bicyclic) bond motifs is 1. The molecule has 9 heteroatoms. The van der Waals surface area contributed by atoms with E-state index in [2.05, 4.69) is 0 Å². The number of nitrogen functional groups attached to an aromatic ring is 1. The molecule has 7 nitrogen and oxygen atoms in total. The zero-order valence-electron chi connectivity index (χ0n) is 17.1. The highest BCUT2D eigenvalue weighted by atomic mass is 19.1. The number of nitrogens with two attached hydrogens (primary N) is 2. The minimum Gasteiger partial charge on any atom is -0.477 e. The predicted molar refractivity (Wildman–Crippen MR) is 117 cm³/mol. The van der Waals surface area contributed by atoms with Gasteiger partial charge in [0.2, 0.25) is 5.43 Å². The molecule has 1 aliphatic carbocycles. The maximum absolute atomic E-state index is 15.9. The second-order valence-electron chi connectivity index (χ2n) is 8.52. The first-order chi connectivity index (χ1) is 15.3. The van der Waals surface area contributed by atoms with E-state index in [0.29, 0.717) is 12.8 Å². The molecule has 1 saturated heterocycles. The second kappa shape index (κ2) is 7.30. The summed E-state index contributed by atoms with van der Waals surface area (Å²) >= 11 is 0. The Morgan fingerprint density at radius 1 is 1.09 bits per heavy atom. The topological polar surface area (TPSA) is 115 Å². The molecule has 3 aromatic rings. The molecule has 0 amide bonds. The summed E-state index contributed by atoms with van der Waals surface area (Å²) in [5.41, 5.74) is 10.7. The van der Waals surface area contributed by atoms with Crippen LogP contribution < -0.4 is 21.8 Å². The van der Waals surface area contributed by atoms with Crippen LogP contribution in [0.2, 0.25) is 0 Å². The second-order valence-corrected chi connectivity index (χ2v) is 8.52. The van der Waals surface area contributed by atoms with Crippen LogP contribution in [0.1, 0.15) is 40.7 Å². The lowest BCUT2D eigenvalue weighted by Gasteiger charge is -2.23. The molecule has 0 radical (unpaired) electrons. The van der Waals surface area contributed by atoms with Crippen molar-refractivity contribution in [3.8, 4) is 0 Å². The molecule has 0 unspecified atom stereocenters. The number of aromatic nitrogens is 1. The molecular formula is C23H22F2N4O3. The van der Waals surface area contributed by atoms with Gasteiger partial charge in [-0.15, -0.1) is 0 Å². The summed E-state index contributed by atoms with van der Waals surface area (Å²) in [6.45, 7) is 0.490. The third-order valence-electron chi connectivity index (χ3n) is 6.44. The third-order valence-corrected chi connectivity index (χ3v) is 6.44. The number of nitrogens with zero attached hydrogens (tertiary/aromatic N) is 2. The number of hydrogen-bond donors (Lipinski definition) is 3. The Bertz CT molecular complexity index is 1300. The maximum atomic E-state index is 15.9. The van der Waals surface area contributed by atoms with Crippen LogP contribution in [0.25, 0.3) is 10.9 Å². The quantitative estimate of drug-likeness (QED) is 0.538. The zero-order valence-corrected chi connectivity index (χ0v) is 17.1. The van der Waals surface area contributed by atoms with Gasteiger partial charge in [0.05, 0.1) is 16.6 Å². The zero-order chi connectivity index (χ0) is 22.7. The van der Waals surface area contributed by atoms with Crippen LogP contribution in [0.3, 0.4) is 0 Å². The number of anilines is 2. The molecule has 0 spiro atoms. The van der Waals surface area contributed by atoms with Crippen LogP contribution in [-0.2, 0) is 0 Å². The van der Waals surface area contributed by atoms with Crippen molar-refractivity contribution in [2.45, 2.75) is 30.8 Å². The smallest absolute Gasteiger partial charge is 0.341 e. The van der Waals surface area contributed by atoms with E-state index in [-0.39, 0.29) is 42.3 Å². The van der Waals surface area contributed by atoms with Crippen molar-refractivity contribution in [2.24, 2.45) is 5.73 Å². The standard InChI is InChI=1S/C23H22F2N4O3/c24-17-19(27)16-20(29(12-6-7-12)9-14(22(16)30)23(31)32)18(25)21(17)28-8-13(15(26)10-28)11-4-2-1-3-5-11/h1-5,9,12-13,15H,6-8,10,26-27H2,(H,31,32)/t13-,15+/m1/s1. The van der Waals surface area contributed by atoms with Crippen molar-refractivity contribution in [3.05, 3.63) is 69.5 Å². The Kier molecular flexibility index (Phi) is 4.67. The van der Waals surface area contributed by atoms with Gasteiger partial charge in [-0.2, -0.15) is 0 Å². The number of halogens is 2. The van der Waals surface area contributed by atoms with Crippen molar-refractivity contribution < 1.29 is 18.7 Å². The number of aromatic carboxylic acids is 1. The Balaban J connectivity index is 1.70. The van der Waals surface area contributed by atoms with E-state index in [1.54, 1.807) is 0 Å². The molecule has 0 bridgehead atoms. The van der Waals surface area contributed by atoms with Gasteiger partial charge in [-0.3, -0.25) is 4.79 Å². The van der Waals surface area contributed by atoms with E-state index in [9.17, 15) is 14.7 Å². The van der Waals surface area contributed by atoms with E-state index in [0.717, 1.165) is 11.8 Å². The number of rotatable bonds is 4. The fourth-order valence-corrected chi connectivity index (χ4v) is 4.69. The highest BCUT2D eigenvalue weighted by Gasteiger charge is 2.37. The molecule has 2 aromatic carbocycles. The molecule has 2 fully saturated rings. The summed E-state index contributed by atoms with van der Waals surface area (Å²) in [7, 11) is 0.